The van der Waals surface area contributed by atoms with E-state index in [1.54, 1.807) is 0 Å². The van der Waals surface area contributed by atoms with Crippen LogP contribution in [0.25, 0.3) is 47.7 Å². The molecule has 0 N–H and O–H groups in total. The van der Waals surface area contributed by atoms with Crippen molar-refractivity contribution in [2.75, 3.05) is 4.90 Å². The van der Waals surface area contributed by atoms with Crippen LogP contribution in [0.4, 0.5) is 11.4 Å². The molecule has 9 rings (SSSR count). The quantitative estimate of drug-likeness (QED) is 0.171. The zero-order valence-electron chi connectivity index (χ0n) is 34.8. The second-order valence-corrected chi connectivity index (χ2v) is 21.5. The summed E-state index contributed by atoms with van der Waals surface area (Å²) in [7, 11) is 0. The van der Waals surface area contributed by atoms with Crippen molar-refractivity contribution < 1.29 is 0 Å². The van der Waals surface area contributed by atoms with Crippen LogP contribution in [0.15, 0.2) is 115 Å². The van der Waals surface area contributed by atoms with E-state index in [0.717, 1.165) is 0 Å². The first-order valence-electron chi connectivity index (χ1n) is 20.2. The monoisotopic (exact) mass is 740 g/mol. The van der Waals surface area contributed by atoms with Crippen LogP contribution >= 0.6 is 11.3 Å². The fourth-order valence-electron chi connectivity index (χ4n) is 8.95. The molecule has 1 aliphatic carbocycles. The van der Waals surface area contributed by atoms with Gasteiger partial charge in [-0.1, -0.05) is 126 Å². The predicted molar refractivity (Wildman–Crippen MR) is 242 cm³/mol. The van der Waals surface area contributed by atoms with Gasteiger partial charge in [0.25, 0.3) is 0 Å². The topological polar surface area (TPSA) is 8.17 Å². The van der Waals surface area contributed by atoms with Crippen LogP contribution in [-0.2, 0) is 16.2 Å². The van der Waals surface area contributed by atoms with Gasteiger partial charge in [0, 0.05) is 53.9 Å². The summed E-state index contributed by atoms with van der Waals surface area (Å²) in [4.78, 5) is 2.61. The highest BCUT2D eigenvalue weighted by Crippen LogP contribution is 2.52. The zero-order chi connectivity index (χ0) is 39.0. The normalized spacial score (nSPS) is 17.8. The van der Waals surface area contributed by atoms with Crippen LogP contribution in [0.5, 0.6) is 0 Å². The second kappa shape index (κ2) is 12.0. The van der Waals surface area contributed by atoms with Crippen molar-refractivity contribution in [1.29, 1.82) is 0 Å². The summed E-state index contributed by atoms with van der Waals surface area (Å²) in [5, 5.41) is 5.30. The van der Waals surface area contributed by atoms with Crippen molar-refractivity contribution in [2.45, 2.75) is 111 Å². The Labute approximate surface area is 332 Å². The van der Waals surface area contributed by atoms with Crippen LogP contribution in [0.3, 0.4) is 0 Å². The molecule has 0 saturated carbocycles. The summed E-state index contributed by atoms with van der Waals surface area (Å²) >= 11 is 1.90. The number of hydrogen-bond donors (Lipinski definition) is 0. The predicted octanol–water partition coefficient (Wildman–Crippen LogP) is 15.2. The van der Waals surface area contributed by atoms with Gasteiger partial charge in [0.15, 0.2) is 0 Å². The maximum absolute atomic E-state index is 2.61. The van der Waals surface area contributed by atoms with E-state index >= 15 is 0 Å². The Morgan fingerprint density at radius 3 is 1.55 bits per heavy atom. The summed E-state index contributed by atoms with van der Waals surface area (Å²) < 4.78 is 5.15. The van der Waals surface area contributed by atoms with E-state index in [9.17, 15) is 0 Å². The van der Waals surface area contributed by atoms with Gasteiger partial charge in [0.1, 0.15) is 0 Å². The standard InChI is InChI=1S/C52H56N2S/c1-49(2,3)31-13-19-43-37(25-31)38-26-32(50(4,5)6)14-20-44(38)53(43)35-17-23-47-41(29-35)42-30-36(18-24-48(42)55-47)54-45-21-15-33(51(7,8)9)27-39(45)40-28-34(52(10,11)12)16-22-46(40)54/h13-30,37,43H,1-12H3. The van der Waals surface area contributed by atoms with E-state index in [0.29, 0.717) is 5.92 Å². The molecular weight excluding hydrogens is 685 g/mol. The molecule has 2 atom stereocenters. The first-order valence-corrected chi connectivity index (χ1v) is 21.0. The lowest BCUT2D eigenvalue weighted by molar-refractivity contribution is 0.507. The van der Waals surface area contributed by atoms with Crippen LogP contribution < -0.4 is 4.90 Å². The van der Waals surface area contributed by atoms with Crippen LogP contribution in [-0.4, -0.2) is 10.6 Å². The number of aromatic nitrogens is 1. The summed E-state index contributed by atoms with van der Waals surface area (Å²) in [5.74, 6) is 0.311. The first-order chi connectivity index (χ1) is 25.8. The van der Waals surface area contributed by atoms with Gasteiger partial charge in [-0.3, -0.25) is 0 Å². The van der Waals surface area contributed by atoms with Gasteiger partial charge in [-0.25, -0.2) is 0 Å². The molecule has 7 aromatic rings. The highest BCUT2D eigenvalue weighted by molar-refractivity contribution is 7.25. The number of anilines is 2. The maximum Gasteiger partial charge on any atom is 0.0629 e. The average Bonchev–Trinajstić information content (AvgIpc) is 3.75. The Hall–Kier alpha value is -4.60. The fraction of sp³-hybridized carbons (Fsp3) is 0.346. The third-order valence-corrected chi connectivity index (χ3v) is 13.5. The largest absolute Gasteiger partial charge is 0.333 e. The van der Waals surface area contributed by atoms with Crippen molar-refractivity contribution in [2.24, 2.45) is 5.41 Å². The zero-order valence-corrected chi connectivity index (χ0v) is 35.7. The SMILES string of the molecule is CC(C)(C)C1=CC2c3cc(C(C)(C)C)ccc3N(c3ccc4sc5ccc(-n6c7ccc(C(C)(C)C)cc7c7cc(C(C)(C)C)ccc76)cc5c4c3)C2C=C1. The molecule has 0 radical (unpaired) electrons. The lowest BCUT2D eigenvalue weighted by atomic mass is 9.77. The molecule has 3 heterocycles. The molecule has 0 saturated heterocycles. The molecule has 0 spiro atoms. The van der Waals surface area contributed by atoms with Crippen LogP contribution in [0.2, 0.25) is 0 Å². The number of benzene rings is 5. The number of thiophene rings is 1. The Bertz CT molecular complexity index is 2680. The van der Waals surface area contributed by atoms with Gasteiger partial charge in [0.2, 0.25) is 0 Å². The number of allylic oxidation sites excluding steroid dienone is 2. The van der Waals surface area contributed by atoms with Crippen molar-refractivity contribution in [3.05, 3.63) is 137 Å². The minimum absolute atomic E-state index is 0.0692. The van der Waals surface area contributed by atoms with Gasteiger partial charge in [-0.05, 0) is 116 Å². The van der Waals surface area contributed by atoms with Crippen molar-refractivity contribution >= 4 is 64.7 Å². The molecule has 280 valence electrons. The summed E-state index contributed by atoms with van der Waals surface area (Å²) in [6, 6.07) is 36.0. The van der Waals surface area contributed by atoms with Crippen molar-refractivity contribution in [3.8, 4) is 5.69 Å². The van der Waals surface area contributed by atoms with Crippen LogP contribution in [0, 0.1) is 5.41 Å². The van der Waals surface area contributed by atoms with Gasteiger partial charge in [0.05, 0.1) is 17.1 Å². The molecule has 2 nitrogen and oxygen atoms in total. The molecule has 55 heavy (non-hydrogen) atoms. The molecule has 2 aromatic heterocycles. The molecule has 0 amide bonds. The third-order valence-electron chi connectivity index (χ3n) is 12.3. The molecule has 5 aromatic carbocycles. The molecule has 2 unspecified atom stereocenters. The first kappa shape index (κ1) is 36.1. The molecule has 0 bridgehead atoms. The van der Waals surface area contributed by atoms with E-state index < -0.39 is 0 Å². The molecule has 3 heteroatoms. The molecule has 2 aliphatic rings. The molecular formula is C52H56N2S. The second-order valence-electron chi connectivity index (χ2n) is 20.4. The summed E-state index contributed by atoms with van der Waals surface area (Å²) in [6.45, 7) is 27.8. The highest BCUT2D eigenvalue weighted by Gasteiger charge is 2.40. The van der Waals surface area contributed by atoms with Gasteiger partial charge >= 0.3 is 0 Å². The van der Waals surface area contributed by atoms with E-state index in [-0.39, 0.29) is 27.7 Å². The number of hydrogen-bond acceptors (Lipinski definition) is 2. The van der Waals surface area contributed by atoms with E-state index in [1.165, 1.54) is 86.9 Å². The summed E-state index contributed by atoms with van der Waals surface area (Å²) in [5.41, 5.74) is 13.6. The number of fused-ring (bicyclic) bond motifs is 9. The number of nitrogens with zero attached hydrogens (tertiary/aromatic N) is 2. The molecule has 0 fully saturated rings. The number of rotatable bonds is 2. The van der Waals surface area contributed by atoms with E-state index in [4.69, 9.17) is 0 Å². The smallest absolute Gasteiger partial charge is 0.0629 e. The Morgan fingerprint density at radius 1 is 0.491 bits per heavy atom. The Morgan fingerprint density at radius 2 is 1.00 bits per heavy atom. The summed E-state index contributed by atoms with van der Waals surface area (Å²) in [6.07, 6.45) is 7.41. The highest BCUT2D eigenvalue weighted by atomic mass is 32.1. The van der Waals surface area contributed by atoms with Crippen LogP contribution in [0.1, 0.15) is 111 Å². The Kier molecular flexibility index (Phi) is 7.84. The average molecular weight is 741 g/mol. The van der Waals surface area contributed by atoms with Gasteiger partial charge in [-0.15, -0.1) is 11.3 Å². The van der Waals surface area contributed by atoms with E-state index in [1.807, 2.05) is 11.3 Å². The van der Waals surface area contributed by atoms with Gasteiger partial charge < -0.3 is 9.47 Å². The lowest BCUT2D eigenvalue weighted by Gasteiger charge is -2.32. The minimum atomic E-state index is 0.0692. The lowest BCUT2D eigenvalue weighted by Crippen LogP contribution is -2.30. The van der Waals surface area contributed by atoms with Crippen molar-refractivity contribution in [1.82, 2.24) is 4.57 Å². The van der Waals surface area contributed by atoms with Crippen molar-refractivity contribution in [3.63, 3.8) is 0 Å². The molecule has 1 aliphatic heterocycles. The maximum atomic E-state index is 2.61. The van der Waals surface area contributed by atoms with E-state index in [2.05, 4.69) is 202 Å². The minimum Gasteiger partial charge on any atom is -0.333 e. The Balaban J connectivity index is 1.22. The fourth-order valence-corrected chi connectivity index (χ4v) is 10.0. The van der Waals surface area contributed by atoms with Gasteiger partial charge in [-0.2, -0.15) is 0 Å². The third kappa shape index (κ3) is 5.88.